The van der Waals surface area contributed by atoms with Gasteiger partial charge in [0.25, 0.3) is 0 Å². The van der Waals surface area contributed by atoms with Crippen molar-refractivity contribution in [1.29, 1.82) is 0 Å². The van der Waals surface area contributed by atoms with Crippen LogP contribution in [-0.2, 0) is 30.3 Å². The molecule has 0 saturated carbocycles. The monoisotopic (exact) mass is 493 g/mol. The van der Waals surface area contributed by atoms with Gasteiger partial charge in [0, 0.05) is 12.5 Å². The Balaban J connectivity index is 1.69. The van der Waals surface area contributed by atoms with Crippen LogP contribution in [0.2, 0.25) is 0 Å². The highest BCUT2D eigenvalue weighted by molar-refractivity contribution is 6.07. The van der Waals surface area contributed by atoms with E-state index in [1.165, 1.54) is 6.92 Å². The van der Waals surface area contributed by atoms with Crippen molar-refractivity contribution in [2.45, 2.75) is 46.1 Å². The molecule has 3 rings (SSSR count). The molecule has 36 heavy (non-hydrogen) atoms. The van der Waals surface area contributed by atoms with Crippen molar-refractivity contribution in [3.8, 4) is 22.8 Å². The summed E-state index contributed by atoms with van der Waals surface area (Å²) in [7, 11) is 0. The molecule has 0 bridgehead atoms. The first-order valence-corrected chi connectivity index (χ1v) is 11.8. The number of carbonyl (C=O) groups is 3. The first-order valence-electron chi connectivity index (χ1n) is 11.8. The van der Waals surface area contributed by atoms with Crippen LogP contribution in [0.1, 0.15) is 38.5 Å². The van der Waals surface area contributed by atoms with Gasteiger partial charge in [0.15, 0.2) is 0 Å². The zero-order valence-electron chi connectivity index (χ0n) is 21.0. The van der Waals surface area contributed by atoms with Crippen molar-refractivity contribution < 1.29 is 33.0 Å². The topological polar surface area (TPSA) is 104 Å². The normalized spacial score (nSPS) is 11.0. The Bertz CT molecular complexity index is 1160. The molecule has 0 saturated heterocycles. The molecule has 0 fully saturated rings. The van der Waals surface area contributed by atoms with Crippen LogP contribution in [-0.4, -0.2) is 36.6 Å². The minimum atomic E-state index is -1.92. The minimum Gasteiger partial charge on any atom is -0.464 e. The van der Waals surface area contributed by atoms with E-state index in [9.17, 15) is 14.4 Å². The molecule has 0 unspecified atom stereocenters. The zero-order valence-corrected chi connectivity index (χ0v) is 21.0. The highest BCUT2D eigenvalue weighted by Crippen LogP contribution is 2.28. The zero-order chi connectivity index (χ0) is 26.1. The largest absolute Gasteiger partial charge is 0.464 e. The van der Waals surface area contributed by atoms with Crippen LogP contribution in [0.4, 0.5) is 0 Å². The Hall–Kier alpha value is -4.07. The predicted molar refractivity (Wildman–Crippen MR) is 134 cm³/mol. The van der Waals surface area contributed by atoms with E-state index in [4.69, 9.17) is 18.6 Å². The molecule has 8 heteroatoms. The van der Waals surface area contributed by atoms with Crippen LogP contribution in [0.15, 0.2) is 65.1 Å². The van der Waals surface area contributed by atoms with Gasteiger partial charge in [-0.1, -0.05) is 12.1 Å². The molecular formula is C28H31NO7. The third kappa shape index (κ3) is 6.53. The Morgan fingerprint density at radius 2 is 1.39 bits per heavy atom. The maximum atomic E-state index is 12.7. The molecule has 1 heterocycles. The number of nitrogens with one attached hydrogen (secondary N) is 1. The van der Waals surface area contributed by atoms with E-state index in [1.807, 2.05) is 55.5 Å². The van der Waals surface area contributed by atoms with Gasteiger partial charge >= 0.3 is 11.9 Å². The van der Waals surface area contributed by atoms with Gasteiger partial charge in [-0.05, 0) is 87.7 Å². The number of benzene rings is 2. The van der Waals surface area contributed by atoms with Crippen LogP contribution in [0, 0.1) is 6.92 Å². The second-order valence-electron chi connectivity index (χ2n) is 8.21. The van der Waals surface area contributed by atoms with Gasteiger partial charge in [-0.25, -0.2) is 9.59 Å². The molecule has 190 valence electrons. The van der Waals surface area contributed by atoms with E-state index in [2.05, 4.69) is 5.32 Å². The van der Waals surface area contributed by atoms with Crippen LogP contribution in [0.25, 0.3) is 11.3 Å². The lowest BCUT2D eigenvalue weighted by Gasteiger charge is -2.29. The van der Waals surface area contributed by atoms with Crippen LogP contribution < -0.4 is 10.1 Å². The maximum Gasteiger partial charge on any atom is 0.343 e. The predicted octanol–water partition coefficient (Wildman–Crippen LogP) is 4.98. The number of aryl methyl sites for hydroxylation is 2. The second-order valence-corrected chi connectivity index (χ2v) is 8.21. The fourth-order valence-corrected chi connectivity index (χ4v) is 3.73. The lowest BCUT2D eigenvalue weighted by Crippen LogP contribution is -2.61. The van der Waals surface area contributed by atoms with Gasteiger partial charge in [-0.2, -0.15) is 0 Å². The molecule has 0 aliphatic carbocycles. The summed E-state index contributed by atoms with van der Waals surface area (Å²) in [6.45, 7) is 6.53. The number of carbonyl (C=O) groups excluding carboxylic acids is 3. The summed E-state index contributed by atoms with van der Waals surface area (Å²) in [5.41, 5.74) is -0.118. The van der Waals surface area contributed by atoms with Crippen molar-refractivity contribution in [2.75, 3.05) is 13.2 Å². The van der Waals surface area contributed by atoms with Crippen molar-refractivity contribution in [2.24, 2.45) is 0 Å². The van der Waals surface area contributed by atoms with E-state index in [0.717, 1.165) is 22.6 Å². The third-order valence-electron chi connectivity index (χ3n) is 5.46. The summed E-state index contributed by atoms with van der Waals surface area (Å²) >= 11 is 0. The lowest BCUT2D eigenvalue weighted by molar-refractivity contribution is -0.168. The van der Waals surface area contributed by atoms with Crippen LogP contribution in [0.3, 0.4) is 0 Å². The standard InChI is InChI=1S/C28H31NO7/c1-5-33-26(31)28(29-20(4)30,27(32)34-6-2)18-17-21-8-12-23(13-9-21)36-24-14-10-22(11-15-24)25-16-7-19(3)35-25/h7-16H,5-6,17-18H2,1-4H3,(H,29,30). The van der Waals surface area contributed by atoms with Crippen molar-refractivity contribution in [3.05, 3.63) is 72.0 Å². The molecule has 0 aliphatic rings. The summed E-state index contributed by atoms with van der Waals surface area (Å²) in [6, 6.07) is 18.7. The van der Waals surface area contributed by atoms with Crippen molar-refractivity contribution in [3.63, 3.8) is 0 Å². The van der Waals surface area contributed by atoms with Crippen LogP contribution in [0.5, 0.6) is 11.5 Å². The molecule has 1 N–H and O–H groups in total. The summed E-state index contributed by atoms with van der Waals surface area (Å²) in [5.74, 6) is 0.730. The van der Waals surface area contributed by atoms with Gasteiger partial charge in [-0.15, -0.1) is 0 Å². The molecular weight excluding hydrogens is 462 g/mol. The Kier molecular flexibility index (Phi) is 8.89. The van der Waals surface area contributed by atoms with E-state index >= 15 is 0 Å². The fourth-order valence-electron chi connectivity index (χ4n) is 3.73. The summed E-state index contributed by atoms with van der Waals surface area (Å²) in [6.07, 6.45) is 0.299. The summed E-state index contributed by atoms with van der Waals surface area (Å²) in [5, 5.41) is 2.48. The van der Waals surface area contributed by atoms with Gasteiger partial charge in [0.1, 0.15) is 23.0 Å². The van der Waals surface area contributed by atoms with E-state index in [0.29, 0.717) is 17.9 Å². The summed E-state index contributed by atoms with van der Waals surface area (Å²) < 4.78 is 21.8. The van der Waals surface area contributed by atoms with Crippen molar-refractivity contribution >= 4 is 17.8 Å². The Morgan fingerprint density at radius 3 is 1.86 bits per heavy atom. The quantitative estimate of drug-likeness (QED) is 0.297. The van der Waals surface area contributed by atoms with Gasteiger partial charge < -0.3 is 23.9 Å². The molecule has 0 aliphatic heterocycles. The molecule has 0 radical (unpaired) electrons. The van der Waals surface area contributed by atoms with Gasteiger partial charge in [-0.3, -0.25) is 4.79 Å². The number of amides is 1. The maximum absolute atomic E-state index is 12.7. The molecule has 0 spiro atoms. The van der Waals surface area contributed by atoms with E-state index in [-0.39, 0.29) is 19.6 Å². The first-order chi connectivity index (χ1) is 17.3. The first kappa shape index (κ1) is 26.5. The number of hydrogen-bond acceptors (Lipinski definition) is 7. The average molecular weight is 494 g/mol. The molecule has 2 aromatic carbocycles. The smallest absolute Gasteiger partial charge is 0.343 e. The molecule has 1 aromatic heterocycles. The Morgan fingerprint density at radius 1 is 0.833 bits per heavy atom. The third-order valence-corrected chi connectivity index (χ3v) is 5.46. The second kappa shape index (κ2) is 12.1. The van der Waals surface area contributed by atoms with E-state index in [1.54, 1.807) is 26.0 Å². The Labute approximate surface area is 210 Å². The van der Waals surface area contributed by atoms with E-state index < -0.39 is 23.4 Å². The minimum absolute atomic E-state index is 0.0157. The number of hydrogen-bond donors (Lipinski definition) is 1. The number of ether oxygens (including phenoxy) is 3. The fraction of sp³-hybridized carbons (Fsp3) is 0.321. The highest BCUT2D eigenvalue weighted by atomic mass is 16.6. The number of esters is 2. The molecule has 3 aromatic rings. The molecule has 8 nitrogen and oxygen atoms in total. The highest BCUT2D eigenvalue weighted by Gasteiger charge is 2.49. The summed E-state index contributed by atoms with van der Waals surface area (Å²) in [4.78, 5) is 37.4. The number of furan rings is 1. The molecule has 1 amide bonds. The lowest BCUT2D eigenvalue weighted by atomic mass is 9.90. The average Bonchev–Trinajstić information content (AvgIpc) is 3.29. The number of rotatable bonds is 11. The van der Waals surface area contributed by atoms with Gasteiger partial charge in [0.2, 0.25) is 11.4 Å². The molecule has 0 atom stereocenters. The van der Waals surface area contributed by atoms with Crippen LogP contribution >= 0.6 is 0 Å². The van der Waals surface area contributed by atoms with Crippen molar-refractivity contribution in [1.82, 2.24) is 5.32 Å². The van der Waals surface area contributed by atoms with Gasteiger partial charge in [0.05, 0.1) is 13.2 Å². The SMILES string of the molecule is CCOC(=O)C(CCc1ccc(Oc2ccc(-c3ccc(C)o3)cc2)cc1)(NC(C)=O)C(=O)OCC.